The van der Waals surface area contributed by atoms with Crippen LogP contribution >= 0.6 is 0 Å². The standard InChI is InChI=1S/C11H17NO/c1-8(2)10(13)11-6-3-4-9(12-11)5-7-11/h5,7-9,12H,3-4,6H2,1-2H3. The topological polar surface area (TPSA) is 29.1 Å². The summed E-state index contributed by atoms with van der Waals surface area (Å²) in [6, 6.07) is 0.455. The summed E-state index contributed by atoms with van der Waals surface area (Å²) in [5.41, 5.74) is -0.295. The first-order valence-corrected chi connectivity index (χ1v) is 5.15. The third kappa shape index (κ3) is 1.33. The number of nitrogens with one attached hydrogen (secondary N) is 1. The van der Waals surface area contributed by atoms with Gasteiger partial charge in [-0.05, 0) is 19.3 Å². The summed E-state index contributed by atoms with van der Waals surface area (Å²) in [7, 11) is 0. The summed E-state index contributed by atoms with van der Waals surface area (Å²) in [5.74, 6) is 0.486. The van der Waals surface area contributed by atoms with E-state index in [1.165, 1.54) is 12.8 Å². The average molecular weight is 179 g/mol. The summed E-state index contributed by atoms with van der Waals surface area (Å²) in [4.78, 5) is 12.0. The molecule has 2 rings (SSSR count). The normalized spacial score (nSPS) is 37.0. The molecule has 1 saturated heterocycles. The fraction of sp³-hybridized carbons (Fsp3) is 0.727. The summed E-state index contributed by atoms with van der Waals surface area (Å²) in [6.45, 7) is 3.96. The lowest BCUT2D eigenvalue weighted by atomic mass is 9.82. The van der Waals surface area contributed by atoms with Crippen molar-refractivity contribution in [2.45, 2.75) is 44.7 Å². The van der Waals surface area contributed by atoms with E-state index in [9.17, 15) is 4.79 Å². The molecule has 2 aliphatic heterocycles. The molecule has 0 spiro atoms. The first kappa shape index (κ1) is 8.95. The van der Waals surface area contributed by atoms with Gasteiger partial charge >= 0.3 is 0 Å². The first-order chi connectivity index (χ1) is 6.14. The number of fused-ring (bicyclic) bond motifs is 2. The number of piperidine rings is 1. The predicted octanol–water partition coefficient (Wildman–Crippen LogP) is 1.66. The Kier molecular flexibility index (Phi) is 2.03. The fourth-order valence-corrected chi connectivity index (χ4v) is 2.42. The molecule has 2 unspecified atom stereocenters. The quantitative estimate of drug-likeness (QED) is 0.653. The Balaban J connectivity index is 2.21. The molecule has 0 amide bonds. The van der Waals surface area contributed by atoms with Crippen molar-refractivity contribution in [2.75, 3.05) is 0 Å². The van der Waals surface area contributed by atoms with E-state index in [2.05, 4.69) is 17.5 Å². The Labute approximate surface area is 79.4 Å². The molecule has 0 saturated carbocycles. The second-order valence-electron chi connectivity index (χ2n) is 4.49. The number of Topliss-reactive ketones (excluding diaryl/α,β-unsaturated/α-hetero) is 1. The highest BCUT2D eigenvalue weighted by atomic mass is 16.1. The molecule has 0 aromatic heterocycles. The molecule has 0 aromatic rings. The second kappa shape index (κ2) is 2.95. The first-order valence-electron chi connectivity index (χ1n) is 5.15. The molecular formula is C11H17NO. The van der Waals surface area contributed by atoms with E-state index >= 15 is 0 Å². The SMILES string of the molecule is CC(C)C(=O)C12C=CC(CCC1)N2. The Bertz CT molecular complexity index is 257. The van der Waals surface area contributed by atoms with Crippen LogP contribution in [0.15, 0.2) is 12.2 Å². The molecular weight excluding hydrogens is 162 g/mol. The Morgan fingerprint density at radius 1 is 1.62 bits per heavy atom. The van der Waals surface area contributed by atoms with E-state index in [-0.39, 0.29) is 11.5 Å². The monoisotopic (exact) mass is 179 g/mol. The van der Waals surface area contributed by atoms with Crippen LogP contribution < -0.4 is 5.32 Å². The highest BCUT2D eigenvalue weighted by molar-refractivity contribution is 5.92. The maximum absolute atomic E-state index is 12.0. The van der Waals surface area contributed by atoms with Crippen LogP contribution in [-0.4, -0.2) is 17.4 Å². The van der Waals surface area contributed by atoms with Crippen molar-refractivity contribution >= 4 is 5.78 Å². The van der Waals surface area contributed by atoms with E-state index in [1.807, 2.05) is 13.8 Å². The van der Waals surface area contributed by atoms with Crippen LogP contribution in [0.2, 0.25) is 0 Å². The molecule has 2 bridgehead atoms. The van der Waals surface area contributed by atoms with E-state index in [4.69, 9.17) is 0 Å². The minimum Gasteiger partial charge on any atom is -0.297 e. The zero-order valence-electron chi connectivity index (χ0n) is 8.34. The van der Waals surface area contributed by atoms with Crippen molar-refractivity contribution < 1.29 is 4.79 Å². The Morgan fingerprint density at radius 2 is 2.38 bits per heavy atom. The van der Waals surface area contributed by atoms with Crippen LogP contribution in [0.4, 0.5) is 0 Å². The molecule has 0 aliphatic carbocycles. The maximum Gasteiger partial charge on any atom is 0.159 e. The predicted molar refractivity (Wildman–Crippen MR) is 52.5 cm³/mol. The number of rotatable bonds is 2. The van der Waals surface area contributed by atoms with Gasteiger partial charge in [0.05, 0.1) is 5.54 Å². The third-order valence-electron chi connectivity index (χ3n) is 3.11. The lowest BCUT2D eigenvalue weighted by Crippen LogP contribution is -2.54. The molecule has 0 aromatic carbocycles. The van der Waals surface area contributed by atoms with Gasteiger partial charge in [-0.1, -0.05) is 26.0 Å². The maximum atomic E-state index is 12.0. The zero-order chi connectivity index (χ0) is 9.47. The number of carbonyl (C=O) groups excluding carboxylic acids is 1. The molecule has 1 N–H and O–H groups in total. The van der Waals surface area contributed by atoms with E-state index in [0.29, 0.717) is 11.8 Å². The van der Waals surface area contributed by atoms with Crippen molar-refractivity contribution in [3.8, 4) is 0 Å². The summed E-state index contributed by atoms with van der Waals surface area (Å²) < 4.78 is 0. The van der Waals surface area contributed by atoms with E-state index in [0.717, 1.165) is 6.42 Å². The van der Waals surface area contributed by atoms with Crippen LogP contribution in [0.5, 0.6) is 0 Å². The average Bonchev–Trinajstić information content (AvgIpc) is 2.42. The highest BCUT2D eigenvalue weighted by Gasteiger charge is 2.43. The van der Waals surface area contributed by atoms with Crippen LogP contribution in [0, 0.1) is 5.92 Å². The molecule has 2 heterocycles. The van der Waals surface area contributed by atoms with Gasteiger partial charge in [0.15, 0.2) is 5.78 Å². The molecule has 0 radical (unpaired) electrons. The van der Waals surface area contributed by atoms with Crippen molar-refractivity contribution in [3.05, 3.63) is 12.2 Å². The summed E-state index contributed by atoms with van der Waals surface area (Å²) in [6.07, 6.45) is 7.59. The molecule has 2 atom stereocenters. The van der Waals surface area contributed by atoms with Gasteiger partial charge in [-0.3, -0.25) is 10.1 Å². The molecule has 2 nitrogen and oxygen atoms in total. The minimum absolute atomic E-state index is 0.133. The smallest absolute Gasteiger partial charge is 0.159 e. The van der Waals surface area contributed by atoms with E-state index < -0.39 is 0 Å². The third-order valence-corrected chi connectivity index (χ3v) is 3.11. The number of hydrogen-bond donors (Lipinski definition) is 1. The van der Waals surface area contributed by atoms with Gasteiger partial charge < -0.3 is 0 Å². The number of carbonyl (C=O) groups is 1. The molecule has 2 aliphatic rings. The van der Waals surface area contributed by atoms with Crippen molar-refractivity contribution in [2.24, 2.45) is 5.92 Å². The van der Waals surface area contributed by atoms with E-state index in [1.54, 1.807) is 0 Å². The Morgan fingerprint density at radius 3 is 3.08 bits per heavy atom. The van der Waals surface area contributed by atoms with Gasteiger partial charge in [0.2, 0.25) is 0 Å². The van der Waals surface area contributed by atoms with Crippen LogP contribution in [0.25, 0.3) is 0 Å². The largest absolute Gasteiger partial charge is 0.297 e. The van der Waals surface area contributed by atoms with Crippen LogP contribution in [0.1, 0.15) is 33.1 Å². The van der Waals surface area contributed by atoms with Crippen LogP contribution in [-0.2, 0) is 4.79 Å². The molecule has 2 heteroatoms. The summed E-state index contributed by atoms with van der Waals surface area (Å²) >= 11 is 0. The number of hydrogen-bond acceptors (Lipinski definition) is 2. The van der Waals surface area contributed by atoms with Crippen molar-refractivity contribution in [1.82, 2.24) is 5.32 Å². The second-order valence-corrected chi connectivity index (χ2v) is 4.49. The lowest BCUT2D eigenvalue weighted by molar-refractivity contribution is -0.127. The summed E-state index contributed by atoms with van der Waals surface area (Å²) in [5, 5.41) is 3.42. The van der Waals surface area contributed by atoms with Gasteiger partial charge in [0, 0.05) is 12.0 Å². The van der Waals surface area contributed by atoms with Crippen molar-refractivity contribution in [3.63, 3.8) is 0 Å². The zero-order valence-corrected chi connectivity index (χ0v) is 8.34. The van der Waals surface area contributed by atoms with Gasteiger partial charge in [-0.2, -0.15) is 0 Å². The van der Waals surface area contributed by atoms with Crippen molar-refractivity contribution in [1.29, 1.82) is 0 Å². The Hall–Kier alpha value is -0.630. The van der Waals surface area contributed by atoms with Gasteiger partial charge in [-0.25, -0.2) is 0 Å². The fourth-order valence-electron chi connectivity index (χ4n) is 2.42. The highest BCUT2D eigenvalue weighted by Crippen LogP contribution is 2.32. The van der Waals surface area contributed by atoms with Gasteiger partial charge in [-0.15, -0.1) is 0 Å². The van der Waals surface area contributed by atoms with Gasteiger partial charge in [0.25, 0.3) is 0 Å². The molecule has 13 heavy (non-hydrogen) atoms. The number of ketones is 1. The minimum atomic E-state index is -0.295. The molecule has 72 valence electrons. The molecule has 1 fully saturated rings. The van der Waals surface area contributed by atoms with Crippen LogP contribution in [0.3, 0.4) is 0 Å². The van der Waals surface area contributed by atoms with Gasteiger partial charge in [0.1, 0.15) is 0 Å². The lowest BCUT2D eigenvalue weighted by Gasteiger charge is -2.34.